The topological polar surface area (TPSA) is 70.7 Å². The van der Waals surface area contributed by atoms with Crippen molar-refractivity contribution in [1.82, 2.24) is 10.2 Å². The summed E-state index contributed by atoms with van der Waals surface area (Å²) in [6.07, 6.45) is 2.36. The number of likely N-dealkylation sites (tertiary alicyclic amines) is 1. The molecule has 0 spiro atoms. The summed E-state index contributed by atoms with van der Waals surface area (Å²) in [5.74, 6) is 0.765. The van der Waals surface area contributed by atoms with Crippen LogP contribution in [0.4, 0.5) is 5.69 Å². The molecule has 7 heteroatoms. The van der Waals surface area contributed by atoms with Crippen LogP contribution in [-0.4, -0.2) is 48.7 Å². The number of hydrogen-bond acceptors (Lipinski definition) is 5. The number of anilines is 1. The van der Waals surface area contributed by atoms with Gasteiger partial charge in [-0.15, -0.1) is 11.8 Å². The molecule has 1 aliphatic rings. The van der Waals surface area contributed by atoms with E-state index in [1.807, 2.05) is 49.4 Å². The lowest BCUT2D eigenvalue weighted by molar-refractivity contribution is -0.120. The number of benzene rings is 2. The Morgan fingerprint density at radius 1 is 1.10 bits per heavy atom. The summed E-state index contributed by atoms with van der Waals surface area (Å²) in [6, 6.07) is 15.7. The number of hydrogen-bond donors (Lipinski definition) is 2. The maximum absolute atomic E-state index is 12.8. The number of ether oxygens (including phenoxy) is 1. The first kappa shape index (κ1) is 23.2. The molecule has 0 aliphatic carbocycles. The van der Waals surface area contributed by atoms with Crippen LogP contribution in [0.2, 0.25) is 0 Å². The molecule has 2 amide bonds. The molecule has 0 bridgehead atoms. The SMILES string of the molecule is COc1ccccc1C(CNC(=O)C(C)Sc1ccc(NC(C)=O)cc1)N1CCCC1. The summed E-state index contributed by atoms with van der Waals surface area (Å²) in [5, 5.41) is 5.67. The molecular weight excluding hydrogens is 410 g/mol. The van der Waals surface area contributed by atoms with Gasteiger partial charge in [-0.05, 0) is 63.2 Å². The maximum atomic E-state index is 12.8. The van der Waals surface area contributed by atoms with Gasteiger partial charge in [0.1, 0.15) is 5.75 Å². The Morgan fingerprint density at radius 2 is 1.77 bits per heavy atom. The highest BCUT2D eigenvalue weighted by molar-refractivity contribution is 8.00. The molecule has 1 heterocycles. The molecule has 1 saturated heterocycles. The van der Waals surface area contributed by atoms with E-state index in [4.69, 9.17) is 4.74 Å². The lowest BCUT2D eigenvalue weighted by Gasteiger charge is -2.29. The van der Waals surface area contributed by atoms with Gasteiger partial charge in [0.15, 0.2) is 0 Å². The van der Waals surface area contributed by atoms with Gasteiger partial charge in [0.05, 0.1) is 18.4 Å². The maximum Gasteiger partial charge on any atom is 0.233 e. The fraction of sp³-hybridized carbons (Fsp3) is 0.417. The molecule has 0 saturated carbocycles. The first-order chi connectivity index (χ1) is 15.0. The summed E-state index contributed by atoms with van der Waals surface area (Å²) < 4.78 is 5.58. The molecule has 166 valence electrons. The molecule has 2 atom stereocenters. The summed E-state index contributed by atoms with van der Waals surface area (Å²) in [4.78, 5) is 27.4. The first-order valence-corrected chi connectivity index (χ1v) is 11.5. The number of para-hydroxylation sites is 1. The van der Waals surface area contributed by atoms with E-state index in [0.29, 0.717) is 6.54 Å². The smallest absolute Gasteiger partial charge is 0.233 e. The van der Waals surface area contributed by atoms with E-state index in [9.17, 15) is 9.59 Å². The quantitative estimate of drug-likeness (QED) is 0.574. The van der Waals surface area contributed by atoms with Crippen LogP contribution in [0.25, 0.3) is 0 Å². The van der Waals surface area contributed by atoms with Gasteiger partial charge in [-0.2, -0.15) is 0 Å². The van der Waals surface area contributed by atoms with Crippen molar-refractivity contribution in [3.63, 3.8) is 0 Å². The van der Waals surface area contributed by atoms with Crippen LogP contribution in [0, 0.1) is 0 Å². The van der Waals surface area contributed by atoms with Crippen molar-refractivity contribution >= 4 is 29.3 Å². The summed E-state index contributed by atoms with van der Waals surface area (Å²) in [7, 11) is 1.69. The largest absolute Gasteiger partial charge is 0.496 e. The predicted octanol–water partition coefficient (Wildman–Crippen LogP) is 4.09. The molecule has 2 N–H and O–H groups in total. The highest BCUT2D eigenvalue weighted by Gasteiger charge is 2.27. The van der Waals surface area contributed by atoms with Gasteiger partial charge >= 0.3 is 0 Å². The van der Waals surface area contributed by atoms with Crippen molar-refractivity contribution < 1.29 is 14.3 Å². The van der Waals surface area contributed by atoms with Gasteiger partial charge in [-0.1, -0.05) is 18.2 Å². The second kappa shape index (κ2) is 11.2. The van der Waals surface area contributed by atoms with Crippen LogP contribution in [0.1, 0.15) is 38.3 Å². The van der Waals surface area contributed by atoms with Crippen molar-refractivity contribution in [2.45, 2.75) is 42.9 Å². The molecule has 31 heavy (non-hydrogen) atoms. The molecule has 2 unspecified atom stereocenters. The highest BCUT2D eigenvalue weighted by Crippen LogP contribution is 2.31. The van der Waals surface area contributed by atoms with Crippen LogP contribution in [0.5, 0.6) is 5.75 Å². The van der Waals surface area contributed by atoms with E-state index in [1.54, 1.807) is 7.11 Å². The van der Waals surface area contributed by atoms with Crippen molar-refractivity contribution in [2.24, 2.45) is 0 Å². The predicted molar refractivity (Wildman–Crippen MR) is 126 cm³/mol. The standard InChI is InChI=1S/C24H31N3O3S/c1-17(31-20-12-10-19(11-13-20)26-18(2)28)24(29)25-16-22(27-14-6-7-15-27)21-8-4-5-9-23(21)30-3/h4-5,8-13,17,22H,6-7,14-16H2,1-3H3,(H,25,29)(H,26,28). The first-order valence-electron chi connectivity index (χ1n) is 10.7. The van der Waals surface area contributed by atoms with Gasteiger partial charge in [0, 0.05) is 29.6 Å². The lowest BCUT2D eigenvalue weighted by atomic mass is 10.0. The number of amides is 2. The second-order valence-electron chi connectivity index (χ2n) is 7.71. The fourth-order valence-corrected chi connectivity index (χ4v) is 4.74. The summed E-state index contributed by atoms with van der Waals surface area (Å²) in [5.41, 5.74) is 1.86. The minimum atomic E-state index is -0.233. The van der Waals surface area contributed by atoms with Crippen LogP contribution >= 0.6 is 11.8 Å². The Labute approximate surface area is 188 Å². The summed E-state index contributed by atoms with van der Waals surface area (Å²) in [6.45, 7) is 6.00. The van der Waals surface area contributed by atoms with Crippen LogP contribution in [0.15, 0.2) is 53.4 Å². The van der Waals surface area contributed by atoms with E-state index in [2.05, 4.69) is 21.6 Å². The van der Waals surface area contributed by atoms with Crippen LogP contribution < -0.4 is 15.4 Å². The number of thioether (sulfide) groups is 1. The van der Waals surface area contributed by atoms with Crippen molar-refractivity contribution in [3.05, 3.63) is 54.1 Å². The zero-order chi connectivity index (χ0) is 22.2. The summed E-state index contributed by atoms with van der Waals surface area (Å²) >= 11 is 1.50. The Bertz CT molecular complexity index is 882. The Balaban J connectivity index is 1.61. The van der Waals surface area contributed by atoms with Gasteiger partial charge < -0.3 is 15.4 Å². The third kappa shape index (κ3) is 6.48. The Kier molecular flexibility index (Phi) is 8.37. The minimum Gasteiger partial charge on any atom is -0.496 e. The average molecular weight is 442 g/mol. The molecule has 1 fully saturated rings. The van der Waals surface area contributed by atoms with Crippen LogP contribution in [-0.2, 0) is 9.59 Å². The molecule has 0 radical (unpaired) electrons. The van der Waals surface area contributed by atoms with E-state index >= 15 is 0 Å². The van der Waals surface area contributed by atoms with E-state index < -0.39 is 0 Å². The lowest BCUT2D eigenvalue weighted by Crippen LogP contribution is -2.39. The van der Waals surface area contributed by atoms with Gasteiger partial charge in [-0.25, -0.2) is 0 Å². The van der Waals surface area contributed by atoms with Gasteiger partial charge in [0.2, 0.25) is 11.8 Å². The van der Waals surface area contributed by atoms with Crippen molar-refractivity contribution in [1.29, 1.82) is 0 Å². The number of nitrogens with one attached hydrogen (secondary N) is 2. The highest BCUT2D eigenvalue weighted by atomic mass is 32.2. The number of methoxy groups -OCH3 is 1. The van der Waals surface area contributed by atoms with Crippen LogP contribution in [0.3, 0.4) is 0 Å². The minimum absolute atomic E-state index is 0.00929. The van der Waals surface area contributed by atoms with E-state index in [0.717, 1.165) is 35.0 Å². The molecule has 2 aromatic rings. The molecular formula is C24H31N3O3S. The van der Waals surface area contributed by atoms with E-state index in [-0.39, 0.29) is 23.1 Å². The number of nitrogens with zero attached hydrogens (tertiary/aromatic N) is 1. The second-order valence-corrected chi connectivity index (χ2v) is 9.13. The molecule has 3 rings (SSSR count). The molecule has 0 aromatic heterocycles. The zero-order valence-corrected chi connectivity index (χ0v) is 19.2. The third-order valence-electron chi connectivity index (χ3n) is 5.41. The normalized spacial score (nSPS) is 15.8. The monoisotopic (exact) mass is 441 g/mol. The molecule has 6 nitrogen and oxygen atoms in total. The fourth-order valence-electron chi connectivity index (χ4n) is 3.85. The van der Waals surface area contributed by atoms with E-state index in [1.165, 1.54) is 31.5 Å². The van der Waals surface area contributed by atoms with Crippen molar-refractivity contribution in [3.8, 4) is 5.75 Å². The molecule has 1 aliphatic heterocycles. The van der Waals surface area contributed by atoms with Gasteiger partial charge in [0.25, 0.3) is 0 Å². The average Bonchev–Trinajstić information content (AvgIpc) is 3.29. The zero-order valence-electron chi connectivity index (χ0n) is 18.4. The Morgan fingerprint density at radius 3 is 2.42 bits per heavy atom. The van der Waals surface area contributed by atoms with Crippen molar-refractivity contribution in [2.75, 3.05) is 32.1 Å². The van der Waals surface area contributed by atoms with Gasteiger partial charge in [-0.3, -0.25) is 14.5 Å². The Hall–Kier alpha value is -2.51. The number of rotatable bonds is 9. The number of carbonyl (C=O) groups excluding carboxylic acids is 2. The third-order valence-corrected chi connectivity index (χ3v) is 6.52. The molecule has 2 aromatic carbocycles. The number of carbonyl (C=O) groups is 2.